The lowest BCUT2D eigenvalue weighted by Crippen LogP contribution is -2.30. The Morgan fingerprint density at radius 3 is 2.44 bits per heavy atom. The summed E-state index contributed by atoms with van der Waals surface area (Å²) >= 11 is 6.16. The van der Waals surface area contributed by atoms with E-state index in [1.165, 1.54) is 0 Å². The van der Waals surface area contributed by atoms with E-state index in [0.29, 0.717) is 42.5 Å². The van der Waals surface area contributed by atoms with Gasteiger partial charge in [0.1, 0.15) is 0 Å². The number of aryl methyl sites for hydroxylation is 1. The molecule has 0 aliphatic heterocycles. The third-order valence-electron chi connectivity index (χ3n) is 4.12. The van der Waals surface area contributed by atoms with Crippen molar-refractivity contribution in [3.63, 3.8) is 0 Å². The first kappa shape index (κ1) is 19.1. The normalized spacial score (nSPS) is 10.4. The maximum Gasteiger partial charge on any atom is 0.223 e. The van der Waals surface area contributed by atoms with Crippen molar-refractivity contribution in [1.82, 2.24) is 4.90 Å². The van der Waals surface area contributed by atoms with Crippen LogP contribution in [-0.2, 0) is 17.8 Å². The molecule has 5 heteroatoms. The number of methoxy groups -OCH3 is 2. The molecule has 0 saturated heterocycles. The molecule has 2 aromatic rings. The molecule has 0 fully saturated rings. The summed E-state index contributed by atoms with van der Waals surface area (Å²) in [5.74, 6) is 1.45. The highest BCUT2D eigenvalue weighted by Gasteiger charge is 2.14. The van der Waals surface area contributed by atoms with E-state index in [2.05, 4.69) is 0 Å². The molecular formula is C20H24ClNO3. The van der Waals surface area contributed by atoms with E-state index in [1.807, 2.05) is 54.3 Å². The van der Waals surface area contributed by atoms with Gasteiger partial charge in [-0.2, -0.15) is 0 Å². The minimum absolute atomic E-state index is 0.109. The number of benzene rings is 2. The van der Waals surface area contributed by atoms with Crippen molar-refractivity contribution in [2.75, 3.05) is 20.8 Å². The van der Waals surface area contributed by atoms with E-state index in [1.54, 1.807) is 14.2 Å². The van der Waals surface area contributed by atoms with E-state index in [0.717, 1.165) is 11.1 Å². The molecule has 0 bridgehead atoms. The molecule has 0 N–H and O–H groups in total. The van der Waals surface area contributed by atoms with Gasteiger partial charge in [0, 0.05) is 24.5 Å². The first-order valence-electron chi connectivity index (χ1n) is 8.31. The largest absolute Gasteiger partial charge is 0.493 e. The number of halogens is 1. The molecular weight excluding hydrogens is 338 g/mol. The van der Waals surface area contributed by atoms with Gasteiger partial charge in [-0.15, -0.1) is 0 Å². The fourth-order valence-electron chi connectivity index (χ4n) is 2.68. The zero-order valence-corrected chi connectivity index (χ0v) is 15.7. The van der Waals surface area contributed by atoms with Crippen molar-refractivity contribution in [3.8, 4) is 11.5 Å². The molecule has 0 unspecified atom stereocenters. The van der Waals surface area contributed by atoms with Crippen LogP contribution in [0.15, 0.2) is 42.5 Å². The molecule has 2 aromatic carbocycles. The molecule has 4 nitrogen and oxygen atoms in total. The van der Waals surface area contributed by atoms with Crippen LogP contribution >= 0.6 is 11.6 Å². The fraction of sp³-hybridized carbons (Fsp3) is 0.350. The number of rotatable bonds is 8. The summed E-state index contributed by atoms with van der Waals surface area (Å²) in [5, 5.41) is 0.707. The molecule has 1 amide bonds. The van der Waals surface area contributed by atoms with E-state index < -0.39 is 0 Å². The minimum atomic E-state index is 0.109. The van der Waals surface area contributed by atoms with Gasteiger partial charge < -0.3 is 14.4 Å². The highest BCUT2D eigenvalue weighted by Crippen LogP contribution is 2.28. The Bertz CT molecular complexity index is 718. The topological polar surface area (TPSA) is 38.8 Å². The van der Waals surface area contributed by atoms with Gasteiger partial charge in [0.25, 0.3) is 0 Å². The SMILES string of the molecule is CCN(Cc1ccc(OC)c(OC)c1)C(=O)CCc1ccccc1Cl. The molecule has 0 aliphatic rings. The molecule has 2 rings (SSSR count). The molecule has 25 heavy (non-hydrogen) atoms. The lowest BCUT2D eigenvalue weighted by Gasteiger charge is -2.22. The van der Waals surface area contributed by atoms with Crippen LogP contribution < -0.4 is 9.47 Å². The van der Waals surface area contributed by atoms with E-state index in [-0.39, 0.29) is 5.91 Å². The van der Waals surface area contributed by atoms with Gasteiger partial charge in [0.2, 0.25) is 5.91 Å². The second kappa shape index (κ2) is 9.33. The highest BCUT2D eigenvalue weighted by molar-refractivity contribution is 6.31. The van der Waals surface area contributed by atoms with Gasteiger partial charge in [-0.3, -0.25) is 4.79 Å². The second-order valence-corrected chi connectivity index (χ2v) is 6.10. The van der Waals surface area contributed by atoms with E-state index in [4.69, 9.17) is 21.1 Å². The van der Waals surface area contributed by atoms with Gasteiger partial charge in [0.05, 0.1) is 14.2 Å². The fourth-order valence-corrected chi connectivity index (χ4v) is 2.91. The molecule has 134 valence electrons. The number of carbonyl (C=O) groups is 1. The summed E-state index contributed by atoms with van der Waals surface area (Å²) in [5.41, 5.74) is 2.00. The van der Waals surface area contributed by atoms with Crippen molar-refractivity contribution in [3.05, 3.63) is 58.6 Å². The Hall–Kier alpha value is -2.20. The van der Waals surface area contributed by atoms with Crippen LogP contribution in [0, 0.1) is 0 Å². The highest BCUT2D eigenvalue weighted by atomic mass is 35.5. The zero-order valence-electron chi connectivity index (χ0n) is 14.9. The number of ether oxygens (including phenoxy) is 2. The third-order valence-corrected chi connectivity index (χ3v) is 4.49. The number of hydrogen-bond acceptors (Lipinski definition) is 3. The van der Waals surface area contributed by atoms with Gasteiger partial charge in [-0.25, -0.2) is 0 Å². The summed E-state index contributed by atoms with van der Waals surface area (Å²) in [7, 11) is 3.21. The summed E-state index contributed by atoms with van der Waals surface area (Å²) in [6, 6.07) is 13.4. The van der Waals surface area contributed by atoms with Crippen LogP contribution in [0.4, 0.5) is 0 Å². The van der Waals surface area contributed by atoms with Crippen LogP contribution in [0.3, 0.4) is 0 Å². The maximum atomic E-state index is 12.6. The standard InChI is InChI=1S/C20H24ClNO3/c1-4-22(14-15-9-11-18(24-2)19(13-15)25-3)20(23)12-10-16-7-5-6-8-17(16)21/h5-9,11,13H,4,10,12,14H2,1-3H3. The van der Waals surface area contributed by atoms with Crippen LogP contribution in [0.5, 0.6) is 11.5 Å². The predicted molar refractivity (Wildman–Crippen MR) is 100 cm³/mol. The van der Waals surface area contributed by atoms with Crippen LogP contribution in [0.1, 0.15) is 24.5 Å². The Kier molecular flexibility index (Phi) is 7.14. The zero-order chi connectivity index (χ0) is 18.2. The molecule has 0 heterocycles. The van der Waals surface area contributed by atoms with E-state index >= 15 is 0 Å². The lowest BCUT2D eigenvalue weighted by atomic mass is 10.1. The average Bonchev–Trinajstić information content (AvgIpc) is 2.64. The molecule has 0 saturated carbocycles. The Morgan fingerprint density at radius 2 is 1.80 bits per heavy atom. The van der Waals surface area contributed by atoms with Crippen molar-refractivity contribution in [1.29, 1.82) is 0 Å². The average molecular weight is 362 g/mol. The molecule has 0 atom stereocenters. The molecule has 0 aliphatic carbocycles. The molecule has 0 radical (unpaired) electrons. The minimum Gasteiger partial charge on any atom is -0.493 e. The Labute approximate surface area is 154 Å². The lowest BCUT2D eigenvalue weighted by molar-refractivity contribution is -0.131. The number of amides is 1. The summed E-state index contributed by atoms with van der Waals surface area (Å²) in [4.78, 5) is 14.4. The van der Waals surface area contributed by atoms with Gasteiger partial charge in [-0.1, -0.05) is 35.9 Å². The summed E-state index contributed by atoms with van der Waals surface area (Å²) in [6.45, 7) is 3.17. The van der Waals surface area contributed by atoms with Crippen molar-refractivity contribution >= 4 is 17.5 Å². The van der Waals surface area contributed by atoms with E-state index in [9.17, 15) is 4.79 Å². The van der Waals surface area contributed by atoms with Gasteiger partial charge in [-0.05, 0) is 42.7 Å². The van der Waals surface area contributed by atoms with Gasteiger partial charge >= 0.3 is 0 Å². The summed E-state index contributed by atoms with van der Waals surface area (Å²) in [6.07, 6.45) is 1.08. The van der Waals surface area contributed by atoms with Gasteiger partial charge in [0.15, 0.2) is 11.5 Å². The number of nitrogens with zero attached hydrogens (tertiary/aromatic N) is 1. The van der Waals surface area contributed by atoms with Crippen LogP contribution in [0.25, 0.3) is 0 Å². The van der Waals surface area contributed by atoms with Crippen LogP contribution in [-0.4, -0.2) is 31.6 Å². The molecule has 0 spiro atoms. The first-order chi connectivity index (χ1) is 12.1. The number of hydrogen-bond donors (Lipinski definition) is 0. The van der Waals surface area contributed by atoms with Crippen LogP contribution in [0.2, 0.25) is 5.02 Å². The summed E-state index contributed by atoms with van der Waals surface area (Å²) < 4.78 is 10.6. The second-order valence-electron chi connectivity index (χ2n) is 5.69. The van der Waals surface area contributed by atoms with Crippen molar-refractivity contribution < 1.29 is 14.3 Å². The Morgan fingerprint density at radius 1 is 1.08 bits per heavy atom. The third kappa shape index (κ3) is 5.13. The maximum absolute atomic E-state index is 12.6. The smallest absolute Gasteiger partial charge is 0.223 e. The monoisotopic (exact) mass is 361 g/mol. The molecule has 0 aromatic heterocycles. The number of carbonyl (C=O) groups excluding carboxylic acids is 1. The quantitative estimate of drug-likeness (QED) is 0.702. The van der Waals surface area contributed by atoms with Crippen molar-refractivity contribution in [2.24, 2.45) is 0 Å². The first-order valence-corrected chi connectivity index (χ1v) is 8.69. The van der Waals surface area contributed by atoms with Crippen molar-refractivity contribution in [2.45, 2.75) is 26.3 Å². The Balaban J connectivity index is 2.01. The predicted octanol–water partition coefficient (Wildman–Crippen LogP) is 4.34.